The van der Waals surface area contributed by atoms with Crippen LogP contribution in [0.4, 0.5) is 5.69 Å². The van der Waals surface area contributed by atoms with Crippen LogP contribution in [0.25, 0.3) is 0 Å². The second-order valence-corrected chi connectivity index (χ2v) is 9.33. The van der Waals surface area contributed by atoms with Crippen molar-refractivity contribution in [2.75, 3.05) is 22.4 Å². The quantitative estimate of drug-likeness (QED) is 0.380. The molecule has 0 N–H and O–H groups in total. The van der Waals surface area contributed by atoms with Gasteiger partial charge in [-0.05, 0) is 44.0 Å². The number of benzene rings is 1. The number of anilines is 1. The average molecular weight is 407 g/mol. The number of allylic oxidation sites excluding steroid dienone is 1. The van der Waals surface area contributed by atoms with Crippen LogP contribution < -0.4 is 4.31 Å². The lowest BCUT2D eigenvalue weighted by molar-refractivity contribution is 0.102. The molecule has 0 bridgehead atoms. The van der Waals surface area contributed by atoms with Crippen molar-refractivity contribution in [1.82, 2.24) is 14.8 Å². The van der Waals surface area contributed by atoms with Crippen molar-refractivity contribution >= 4 is 33.3 Å². The molecular formula is C18H22N4O3S2. The van der Waals surface area contributed by atoms with Crippen molar-refractivity contribution in [3.63, 3.8) is 0 Å². The van der Waals surface area contributed by atoms with Gasteiger partial charge in [0.1, 0.15) is 5.82 Å². The van der Waals surface area contributed by atoms with E-state index in [0.717, 1.165) is 11.4 Å². The molecule has 7 nitrogen and oxygen atoms in total. The molecule has 2 aromatic rings. The van der Waals surface area contributed by atoms with Crippen LogP contribution in [-0.2, 0) is 23.0 Å². The number of nitrogens with zero attached hydrogens (tertiary/aromatic N) is 4. The monoisotopic (exact) mass is 406 g/mol. The van der Waals surface area contributed by atoms with E-state index in [9.17, 15) is 13.2 Å². The molecule has 0 atom stereocenters. The minimum absolute atomic E-state index is 0.0228. The Balaban J connectivity index is 1.73. The number of rotatable bonds is 8. The summed E-state index contributed by atoms with van der Waals surface area (Å²) in [5, 5.41) is 8.83. The summed E-state index contributed by atoms with van der Waals surface area (Å²) in [5.41, 5.74) is 2.17. The number of sulfonamides is 1. The van der Waals surface area contributed by atoms with Gasteiger partial charge in [0.15, 0.2) is 10.9 Å². The number of thioether (sulfide) groups is 1. The van der Waals surface area contributed by atoms with Gasteiger partial charge in [-0.1, -0.05) is 17.8 Å². The first-order valence-electron chi connectivity index (χ1n) is 8.67. The Morgan fingerprint density at radius 3 is 2.85 bits per heavy atom. The van der Waals surface area contributed by atoms with Gasteiger partial charge in [0.2, 0.25) is 10.0 Å². The van der Waals surface area contributed by atoms with Crippen LogP contribution in [0.15, 0.2) is 36.0 Å². The summed E-state index contributed by atoms with van der Waals surface area (Å²) >= 11 is 1.34. The van der Waals surface area contributed by atoms with Crippen LogP contribution in [0.2, 0.25) is 0 Å². The van der Waals surface area contributed by atoms with E-state index in [0.29, 0.717) is 35.9 Å². The van der Waals surface area contributed by atoms with E-state index in [1.54, 1.807) is 25.1 Å². The number of hydrogen-bond acceptors (Lipinski definition) is 6. The van der Waals surface area contributed by atoms with E-state index in [2.05, 4.69) is 16.8 Å². The van der Waals surface area contributed by atoms with Gasteiger partial charge in [0, 0.05) is 18.7 Å². The Labute approximate surface area is 163 Å². The summed E-state index contributed by atoms with van der Waals surface area (Å²) in [6.45, 7) is 8.24. The smallest absolute Gasteiger partial charge is 0.234 e. The third-order valence-corrected chi connectivity index (χ3v) is 7.25. The van der Waals surface area contributed by atoms with Crippen molar-refractivity contribution in [2.24, 2.45) is 0 Å². The number of Topliss-reactive ketones (excluding diaryl/α,β-unsaturated/α-hetero) is 1. The first-order valence-corrected chi connectivity index (χ1v) is 11.3. The van der Waals surface area contributed by atoms with E-state index in [1.165, 1.54) is 16.1 Å². The first kappa shape index (κ1) is 19.6. The van der Waals surface area contributed by atoms with Gasteiger partial charge in [0.25, 0.3) is 0 Å². The molecule has 0 aliphatic carbocycles. The van der Waals surface area contributed by atoms with Gasteiger partial charge < -0.3 is 4.57 Å². The minimum atomic E-state index is -3.28. The maximum Gasteiger partial charge on any atom is 0.234 e. The largest absolute Gasteiger partial charge is 0.302 e. The zero-order chi connectivity index (χ0) is 19.6. The van der Waals surface area contributed by atoms with Gasteiger partial charge in [-0.2, -0.15) is 0 Å². The van der Waals surface area contributed by atoms with Gasteiger partial charge in [-0.25, -0.2) is 8.42 Å². The zero-order valence-electron chi connectivity index (χ0n) is 15.4. The summed E-state index contributed by atoms with van der Waals surface area (Å²) in [6.07, 6.45) is 2.38. The third kappa shape index (κ3) is 3.93. The van der Waals surface area contributed by atoms with E-state index in [4.69, 9.17) is 0 Å². The molecule has 1 aromatic carbocycles. The standard InChI is InChI=1S/C18H22N4O3S2/c1-4-9-21-13(3)19-20-18(21)26-12-17(23)15-6-7-16-14(11-15)8-10-22(16)27(24,25)5-2/h4,6-7,11H,1,5,8-10,12H2,2-3H3. The SMILES string of the molecule is C=CCn1c(C)nnc1SCC(=O)c1ccc2c(c1)CCN2S(=O)(=O)CC. The predicted molar refractivity (Wildman–Crippen MR) is 107 cm³/mol. The maximum atomic E-state index is 12.6. The van der Waals surface area contributed by atoms with Crippen LogP contribution in [0.3, 0.4) is 0 Å². The second kappa shape index (κ2) is 7.85. The molecule has 0 saturated carbocycles. The highest BCUT2D eigenvalue weighted by molar-refractivity contribution is 7.99. The van der Waals surface area contributed by atoms with E-state index in [-0.39, 0.29) is 17.3 Å². The number of ketones is 1. The van der Waals surface area contributed by atoms with Crippen LogP contribution in [-0.4, -0.2) is 47.0 Å². The van der Waals surface area contributed by atoms with Crippen LogP contribution in [0, 0.1) is 6.92 Å². The van der Waals surface area contributed by atoms with Gasteiger partial charge in [0.05, 0.1) is 17.2 Å². The van der Waals surface area contributed by atoms with Gasteiger partial charge >= 0.3 is 0 Å². The Kier molecular flexibility index (Phi) is 5.71. The molecule has 144 valence electrons. The number of aromatic nitrogens is 3. The number of fused-ring (bicyclic) bond motifs is 1. The Morgan fingerprint density at radius 2 is 2.15 bits per heavy atom. The molecule has 0 spiro atoms. The first-order chi connectivity index (χ1) is 12.9. The van der Waals surface area contributed by atoms with Crippen molar-refractivity contribution in [3.05, 3.63) is 47.8 Å². The molecule has 27 heavy (non-hydrogen) atoms. The van der Waals surface area contributed by atoms with Crippen LogP contribution in [0.1, 0.15) is 28.7 Å². The molecule has 0 radical (unpaired) electrons. The highest BCUT2D eigenvalue weighted by Gasteiger charge is 2.28. The molecule has 0 unspecified atom stereocenters. The third-order valence-electron chi connectivity index (χ3n) is 4.50. The highest BCUT2D eigenvalue weighted by Crippen LogP contribution is 2.31. The molecule has 0 saturated heterocycles. The number of hydrogen-bond donors (Lipinski definition) is 0. The van der Waals surface area contributed by atoms with Crippen molar-refractivity contribution in [3.8, 4) is 0 Å². The number of aryl methyl sites for hydroxylation is 1. The maximum absolute atomic E-state index is 12.6. The van der Waals surface area contributed by atoms with Crippen LogP contribution >= 0.6 is 11.8 Å². The predicted octanol–water partition coefficient (Wildman–Crippen LogP) is 2.46. The molecule has 1 aliphatic rings. The molecule has 3 rings (SSSR count). The summed E-state index contributed by atoms with van der Waals surface area (Å²) in [7, 11) is -3.28. The summed E-state index contributed by atoms with van der Waals surface area (Å²) in [4.78, 5) is 12.6. The second-order valence-electron chi connectivity index (χ2n) is 6.21. The Morgan fingerprint density at radius 1 is 1.37 bits per heavy atom. The van der Waals surface area contributed by atoms with E-state index < -0.39 is 10.0 Å². The molecule has 1 aromatic heterocycles. The molecule has 2 heterocycles. The Hall–Kier alpha value is -2.13. The summed E-state index contributed by atoms with van der Waals surface area (Å²) in [5.74, 6) is 1.06. The van der Waals surface area contributed by atoms with Crippen LogP contribution in [0.5, 0.6) is 0 Å². The number of carbonyl (C=O) groups excluding carboxylic acids is 1. The topological polar surface area (TPSA) is 85.2 Å². The summed E-state index contributed by atoms with van der Waals surface area (Å²) < 4.78 is 27.7. The average Bonchev–Trinajstić information content (AvgIpc) is 3.24. The molecular weight excluding hydrogens is 384 g/mol. The van der Waals surface area contributed by atoms with Crippen molar-refractivity contribution in [1.29, 1.82) is 0 Å². The van der Waals surface area contributed by atoms with E-state index >= 15 is 0 Å². The molecule has 1 aliphatic heterocycles. The normalized spacial score (nSPS) is 13.6. The highest BCUT2D eigenvalue weighted by atomic mass is 32.2. The fraction of sp³-hybridized carbons (Fsp3) is 0.389. The zero-order valence-corrected chi connectivity index (χ0v) is 17.0. The van der Waals surface area contributed by atoms with Crippen molar-refractivity contribution < 1.29 is 13.2 Å². The molecule has 9 heteroatoms. The van der Waals surface area contributed by atoms with Gasteiger partial charge in [-0.15, -0.1) is 16.8 Å². The summed E-state index contributed by atoms with van der Waals surface area (Å²) in [6, 6.07) is 5.24. The number of carbonyl (C=O) groups is 1. The lowest BCUT2D eigenvalue weighted by atomic mass is 10.1. The van der Waals surface area contributed by atoms with Crippen molar-refractivity contribution in [2.45, 2.75) is 32.0 Å². The molecule has 0 fully saturated rings. The van der Waals surface area contributed by atoms with Gasteiger partial charge in [-0.3, -0.25) is 9.10 Å². The molecule has 0 amide bonds. The lowest BCUT2D eigenvalue weighted by Gasteiger charge is -2.18. The van der Waals surface area contributed by atoms with E-state index in [1.807, 2.05) is 17.6 Å². The Bertz CT molecular complexity index is 982. The fourth-order valence-corrected chi connectivity index (χ4v) is 5.06. The lowest BCUT2D eigenvalue weighted by Crippen LogP contribution is -2.30. The fourth-order valence-electron chi connectivity index (χ4n) is 3.01. The minimum Gasteiger partial charge on any atom is -0.302 e.